The lowest BCUT2D eigenvalue weighted by atomic mass is 10.2. The van der Waals surface area contributed by atoms with Gasteiger partial charge in [-0.25, -0.2) is 0 Å². The van der Waals surface area contributed by atoms with Gasteiger partial charge in [-0.05, 0) is 29.9 Å². The number of rotatable bonds is 4. The Morgan fingerprint density at radius 3 is 2.46 bits per heavy atom. The van der Waals surface area contributed by atoms with Crippen molar-refractivity contribution < 1.29 is 0 Å². The molecule has 0 spiro atoms. The first-order valence-corrected chi connectivity index (χ1v) is 9.74. The number of thiocarbonyl (C=S) groups is 1. The maximum atomic E-state index is 6.22. The number of halogens is 2. The van der Waals surface area contributed by atoms with E-state index in [4.69, 9.17) is 35.4 Å². The summed E-state index contributed by atoms with van der Waals surface area (Å²) in [6, 6.07) is 15.9. The summed E-state index contributed by atoms with van der Waals surface area (Å²) < 4.78 is 0. The van der Waals surface area contributed by atoms with E-state index >= 15 is 0 Å². The molecule has 2 aromatic carbocycles. The van der Waals surface area contributed by atoms with Crippen LogP contribution in [0.3, 0.4) is 0 Å². The van der Waals surface area contributed by atoms with Crippen molar-refractivity contribution in [2.45, 2.75) is 0 Å². The van der Waals surface area contributed by atoms with Gasteiger partial charge in [-0.15, -0.1) is 0 Å². The number of hydrogen-bond donors (Lipinski definition) is 1. The minimum Gasteiger partial charge on any atom is -0.346 e. The summed E-state index contributed by atoms with van der Waals surface area (Å²) in [5.41, 5.74) is 1.98. The van der Waals surface area contributed by atoms with Crippen molar-refractivity contribution in [3.05, 3.63) is 70.2 Å². The van der Waals surface area contributed by atoms with E-state index in [0.717, 1.165) is 38.4 Å². The van der Waals surface area contributed by atoms with Gasteiger partial charge >= 0.3 is 0 Å². The van der Waals surface area contributed by atoms with Gasteiger partial charge in [0.25, 0.3) is 0 Å². The summed E-state index contributed by atoms with van der Waals surface area (Å²) in [4.78, 5) is 4.59. The Morgan fingerprint density at radius 1 is 1.00 bits per heavy atom. The molecule has 0 atom stereocenters. The van der Waals surface area contributed by atoms with E-state index in [2.05, 4.69) is 51.5 Å². The fraction of sp³-hybridized carbons (Fsp3) is 0.250. The number of piperazine rings is 1. The van der Waals surface area contributed by atoms with Gasteiger partial charge in [-0.2, -0.15) is 0 Å². The van der Waals surface area contributed by atoms with E-state index in [1.807, 2.05) is 18.2 Å². The van der Waals surface area contributed by atoms with E-state index in [1.54, 1.807) is 6.07 Å². The van der Waals surface area contributed by atoms with Gasteiger partial charge in [0.2, 0.25) is 0 Å². The average Bonchev–Trinajstić information content (AvgIpc) is 2.67. The van der Waals surface area contributed by atoms with Crippen LogP contribution in [0.4, 0.5) is 5.69 Å². The predicted octanol–water partition coefficient (Wildman–Crippen LogP) is 5.02. The Morgan fingerprint density at radius 2 is 1.73 bits per heavy atom. The van der Waals surface area contributed by atoms with Crippen LogP contribution >= 0.6 is 35.4 Å². The van der Waals surface area contributed by atoms with Crippen molar-refractivity contribution in [3.63, 3.8) is 0 Å². The molecule has 1 fully saturated rings. The van der Waals surface area contributed by atoms with Crippen LogP contribution in [0.1, 0.15) is 5.56 Å². The van der Waals surface area contributed by atoms with E-state index in [-0.39, 0.29) is 0 Å². The molecule has 3 rings (SSSR count). The maximum Gasteiger partial charge on any atom is 0.173 e. The quantitative estimate of drug-likeness (QED) is 0.719. The normalized spacial score (nSPS) is 15.4. The molecule has 2 aromatic rings. The standard InChI is InChI=1S/C20H21Cl2N3S/c21-17-9-4-10-18(19(17)22)23-20(26)25-14-12-24(13-15-25)11-5-8-16-6-2-1-3-7-16/h1-10H,11-15H2,(H,23,26)/b8-5+. The Balaban J connectivity index is 1.46. The Hall–Kier alpha value is -1.59. The van der Waals surface area contributed by atoms with Crippen molar-refractivity contribution >= 4 is 52.3 Å². The summed E-state index contributed by atoms with van der Waals surface area (Å²) in [7, 11) is 0. The van der Waals surface area contributed by atoms with Crippen LogP contribution < -0.4 is 5.32 Å². The zero-order valence-corrected chi connectivity index (χ0v) is 16.7. The molecule has 0 unspecified atom stereocenters. The van der Waals surface area contributed by atoms with Crippen molar-refractivity contribution in [1.82, 2.24) is 9.80 Å². The molecule has 0 radical (unpaired) electrons. The van der Waals surface area contributed by atoms with Crippen LogP contribution in [0.25, 0.3) is 6.08 Å². The van der Waals surface area contributed by atoms with E-state index in [9.17, 15) is 0 Å². The molecule has 1 N–H and O–H groups in total. The second kappa shape index (κ2) is 9.38. The van der Waals surface area contributed by atoms with Gasteiger partial charge in [0, 0.05) is 32.7 Å². The predicted molar refractivity (Wildman–Crippen MR) is 116 cm³/mol. The largest absolute Gasteiger partial charge is 0.346 e. The zero-order valence-electron chi connectivity index (χ0n) is 14.4. The van der Waals surface area contributed by atoms with Gasteiger partial charge in [0.05, 0.1) is 15.7 Å². The number of hydrogen-bond acceptors (Lipinski definition) is 2. The first-order valence-electron chi connectivity index (χ1n) is 8.57. The molecule has 26 heavy (non-hydrogen) atoms. The Kier molecular flexibility index (Phi) is 6.92. The molecule has 0 amide bonds. The highest BCUT2D eigenvalue weighted by molar-refractivity contribution is 7.80. The first-order chi connectivity index (χ1) is 12.6. The number of benzene rings is 2. The first kappa shape index (κ1) is 19.2. The van der Waals surface area contributed by atoms with Crippen LogP contribution in [-0.4, -0.2) is 47.6 Å². The van der Waals surface area contributed by atoms with Gasteiger partial charge in [0.1, 0.15) is 0 Å². The van der Waals surface area contributed by atoms with Crippen LogP contribution in [0, 0.1) is 0 Å². The molecule has 0 aliphatic carbocycles. The highest BCUT2D eigenvalue weighted by atomic mass is 35.5. The van der Waals surface area contributed by atoms with Crippen molar-refractivity contribution in [3.8, 4) is 0 Å². The van der Waals surface area contributed by atoms with Crippen LogP contribution in [-0.2, 0) is 0 Å². The van der Waals surface area contributed by atoms with Crippen molar-refractivity contribution in [1.29, 1.82) is 0 Å². The molecular formula is C20H21Cl2N3S. The maximum absolute atomic E-state index is 6.22. The third-order valence-electron chi connectivity index (χ3n) is 4.33. The fourth-order valence-electron chi connectivity index (χ4n) is 2.83. The Labute approximate surface area is 170 Å². The monoisotopic (exact) mass is 405 g/mol. The summed E-state index contributed by atoms with van der Waals surface area (Å²) >= 11 is 17.8. The average molecular weight is 406 g/mol. The molecule has 0 bridgehead atoms. The minimum absolute atomic E-state index is 0.501. The lowest BCUT2D eigenvalue weighted by molar-refractivity contribution is 0.200. The topological polar surface area (TPSA) is 18.5 Å². The highest BCUT2D eigenvalue weighted by Gasteiger charge is 2.18. The molecule has 1 aliphatic heterocycles. The third-order valence-corrected chi connectivity index (χ3v) is 5.51. The molecule has 0 aromatic heterocycles. The van der Waals surface area contributed by atoms with Gasteiger partial charge in [0.15, 0.2) is 5.11 Å². The molecule has 1 heterocycles. The van der Waals surface area contributed by atoms with Crippen molar-refractivity contribution in [2.75, 3.05) is 38.0 Å². The zero-order chi connectivity index (χ0) is 18.4. The molecule has 6 heteroatoms. The Bertz CT molecular complexity index is 772. The number of nitrogens with zero attached hydrogens (tertiary/aromatic N) is 2. The van der Waals surface area contributed by atoms with E-state index in [0.29, 0.717) is 15.2 Å². The summed E-state index contributed by atoms with van der Waals surface area (Å²) in [6.45, 7) is 4.68. The molecule has 1 saturated heterocycles. The summed E-state index contributed by atoms with van der Waals surface area (Å²) in [6.07, 6.45) is 4.38. The van der Waals surface area contributed by atoms with E-state index < -0.39 is 0 Å². The SMILES string of the molecule is S=C(Nc1cccc(Cl)c1Cl)N1CCN(C/C=C/c2ccccc2)CC1. The van der Waals surface area contributed by atoms with E-state index in [1.165, 1.54) is 5.56 Å². The second-order valence-corrected chi connectivity index (χ2v) is 7.30. The van der Waals surface area contributed by atoms with Gasteiger partial charge in [-0.3, -0.25) is 4.90 Å². The van der Waals surface area contributed by atoms with Crippen LogP contribution in [0.5, 0.6) is 0 Å². The smallest absolute Gasteiger partial charge is 0.173 e. The fourth-order valence-corrected chi connectivity index (χ4v) is 3.47. The number of anilines is 1. The van der Waals surface area contributed by atoms with Gasteiger partial charge in [-0.1, -0.05) is 71.8 Å². The third kappa shape index (κ3) is 5.21. The van der Waals surface area contributed by atoms with Crippen molar-refractivity contribution in [2.24, 2.45) is 0 Å². The summed E-state index contributed by atoms with van der Waals surface area (Å²) in [5, 5.41) is 4.92. The van der Waals surface area contributed by atoms with Crippen LogP contribution in [0.15, 0.2) is 54.6 Å². The summed E-state index contributed by atoms with van der Waals surface area (Å²) in [5.74, 6) is 0. The molecule has 3 nitrogen and oxygen atoms in total. The van der Waals surface area contributed by atoms with Gasteiger partial charge < -0.3 is 10.2 Å². The molecule has 0 saturated carbocycles. The number of nitrogens with one attached hydrogen (secondary N) is 1. The molecule has 136 valence electrons. The lowest BCUT2D eigenvalue weighted by Crippen LogP contribution is -2.49. The minimum atomic E-state index is 0.501. The second-order valence-electron chi connectivity index (χ2n) is 6.13. The molecular weight excluding hydrogens is 385 g/mol. The highest BCUT2D eigenvalue weighted by Crippen LogP contribution is 2.29. The van der Waals surface area contributed by atoms with Crippen LogP contribution in [0.2, 0.25) is 10.0 Å². The lowest BCUT2D eigenvalue weighted by Gasteiger charge is -2.35. The molecule has 1 aliphatic rings.